The van der Waals surface area contributed by atoms with Crippen LogP contribution in [0.25, 0.3) is 11.2 Å². The van der Waals surface area contributed by atoms with Gasteiger partial charge in [-0.05, 0) is 26.3 Å². The summed E-state index contributed by atoms with van der Waals surface area (Å²) in [6.45, 7) is 2.36. The van der Waals surface area contributed by atoms with Gasteiger partial charge in [0.2, 0.25) is 0 Å². The Morgan fingerprint density at radius 2 is 2.15 bits per heavy atom. The lowest BCUT2D eigenvalue weighted by atomic mass is 10.1. The van der Waals surface area contributed by atoms with Crippen LogP contribution in [0.15, 0.2) is 12.7 Å². The Kier molecular flexibility index (Phi) is 5.64. The minimum atomic E-state index is -1.05. The van der Waals surface area contributed by atoms with Gasteiger partial charge >= 0.3 is 5.97 Å². The zero-order valence-corrected chi connectivity index (χ0v) is 14.6. The lowest BCUT2D eigenvalue weighted by molar-refractivity contribution is -0.155. The number of nitrogen functional groups attached to an aromatic ring is 1. The Hall–Kier alpha value is -2.30. The molecule has 5 N–H and O–H groups in total. The molecule has 1 saturated heterocycles. The topological polar surface area (TPSA) is 151 Å². The fourth-order valence-corrected chi connectivity index (χ4v) is 3.07. The quantitative estimate of drug-likeness (QED) is 0.459. The molecule has 142 valence electrons. The second-order valence-corrected chi connectivity index (χ2v) is 6.36. The zero-order valence-electron chi connectivity index (χ0n) is 14.6. The van der Waals surface area contributed by atoms with Gasteiger partial charge in [-0.1, -0.05) is 6.42 Å². The van der Waals surface area contributed by atoms with Crippen LogP contribution in [0.2, 0.25) is 0 Å². The van der Waals surface area contributed by atoms with E-state index in [4.69, 9.17) is 20.9 Å². The van der Waals surface area contributed by atoms with Crippen molar-refractivity contribution < 1.29 is 19.4 Å². The fraction of sp³-hybridized carbons (Fsp3) is 0.625. The van der Waals surface area contributed by atoms with E-state index in [1.54, 1.807) is 11.5 Å². The van der Waals surface area contributed by atoms with Gasteiger partial charge in [0.25, 0.3) is 0 Å². The minimum Gasteiger partial charge on any atom is -0.457 e. The van der Waals surface area contributed by atoms with Gasteiger partial charge in [0.1, 0.15) is 17.9 Å². The van der Waals surface area contributed by atoms with Crippen LogP contribution in [-0.2, 0) is 14.3 Å². The maximum atomic E-state index is 12.0. The highest BCUT2D eigenvalue weighted by Crippen LogP contribution is 2.33. The van der Waals surface area contributed by atoms with E-state index in [0.717, 1.165) is 12.8 Å². The molecule has 0 aromatic carbocycles. The number of anilines is 1. The number of carbonyl (C=O) groups excluding carboxylic acids is 1. The van der Waals surface area contributed by atoms with Gasteiger partial charge in [-0.15, -0.1) is 0 Å². The van der Waals surface area contributed by atoms with Crippen molar-refractivity contribution in [2.75, 3.05) is 12.3 Å². The Bertz CT molecular complexity index is 766. The number of aromatic nitrogens is 4. The van der Waals surface area contributed by atoms with E-state index in [1.807, 2.05) is 0 Å². The van der Waals surface area contributed by atoms with Crippen LogP contribution in [0.5, 0.6) is 0 Å². The largest absolute Gasteiger partial charge is 0.457 e. The van der Waals surface area contributed by atoms with Crippen LogP contribution in [-0.4, -0.2) is 55.5 Å². The number of carbonyl (C=O) groups is 1. The summed E-state index contributed by atoms with van der Waals surface area (Å²) in [5, 5.41) is 10.6. The third-order valence-electron chi connectivity index (χ3n) is 4.46. The van der Waals surface area contributed by atoms with Gasteiger partial charge in [-0.25, -0.2) is 15.0 Å². The first-order valence-corrected chi connectivity index (χ1v) is 8.69. The molecular weight excluding hydrogens is 340 g/mol. The second-order valence-electron chi connectivity index (χ2n) is 6.36. The number of unbranched alkanes of at least 4 members (excludes halogenated alkanes) is 2. The van der Waals surface area contributed by atoms with Crippen LogP contribution in [0, 0.1) is 0 Å². The first-order valence-electron chi connectivity index (χ1n) is 8.69. The predicted molar refractivity (Wildman–Crippen MR) is 92.7 cm³/mol. The van der Waals surface area contributed by atoms with Gasteiger partial charge in [0.15, 0.2) is 23.8 Å². The molecule has 0 aliphatic carbocycles. The van der Waals surface area contributed by atoms with Gasteiger partial charge in [-0.2, -0.15) is 0 Å². The Morgan fingerprint density at radius 3 is 2.92 bits per heavy atom. The molecule has 0 bridgehead atoms. The zero-order chi connectivity index (χ0) is 18.7. The first-order chi connectivity index (χ1) is 12.5. The van der Waals surface area contributed by atoms with Gasteiger partial charge in [-0.3, -0.25) is 9.36 Å². The van der Waals surface area contributed by atoms with Crippen LogP contribution < -0.4 is 11.5 Å². The summed E-state index contributed by atoms with van der Waals surface area (Å²) in [5.74, 6) is -0.112. The monoisotopic (exact) mass is 364 g/mol. The maximum Gasteiger partial charge on any atom is 0.306 e. The van der Waals surface area contributed by atoms with Gasteiger partial charge in [0, 0.05) is 6.42 Å². The highest BCUT2D eigenvalue weighted by molar-refractivity contribution is 5.81. The summed E-state index contributed by atoms with van der Waals surface area (Å²) in [5.41, 5.74) is 12.1. The lowest BCUT2D eigenvalue weighted by Crippen LogP contribution is -2.35. The average Bonchev–Trinajstić information content (AvgIpc) is 3.16. The molecule has 1 fully saturated rings. The van der Waals surface area contributed by atoms with E-state index in [0.29, 0.717) is 30.6 Å². The van der Waals surface area contributed by atoms with E-state index in [9.17, 15) is 9.90 Å². The molecule has 0 amide bonds. The van der Waals surface area contributed by atoms with Gasteiger partial charge < -0.3 is 26.0 Å². The summed E-state index contributed by atoms with van der Waals surface area (Å²) >= 11 is 0. The van der Waals surface area contributed by atoms with Crippen molar-refractivity contribution in [3.05, 3.63) is 12.7 Å². The van der Waals surface area contributed by atoms with E-state index in [1.165, 1.54) is 12.7 Å². The standard InChI is InChI=1S/C16H24N6O4/c1-9-13(26-10(23)5-3-2-4-6-17)12(24)16(25-9)22-8-21-11-14(18)19-7-20-15(11)22/h7-9,12-13,16,24H,2-6,17H2,1H3,(H2,18,19,20)/t9-,12-,13-,16-/m1/s1. The maximum absolute atomic E-state index is 12.0. The van der Waals surface area contributed by atoms with Crippen molar-refractivity contribution in [1.82, 2.24) is 19.5 Å². The van der Waals surface area contributed by atoms with Crippen LogP contribution in [0.1, 0.15) is 38.8 Å². The fourth-order valence-electron chi connectivity index (χ4n) is 3.07. The molecule has 0 unspecified atom stereocenters. The second kappa shape index (κ2) is 7.94. The summed E-state index contributed by atoms with van der Waals surface area (Å²) in [6, 6.07) is 0. The summed E-state index contributed by atoms with van der Waals surface area (Å²) < 4.78 is 12.8. The number of nitrogens with two attached hydrogens (primary N) is 2. The number of esters is 1. The number of ether oxygens (including phenoxy) is 2. The number of hydrogen-bond acceptors (Lipinski definition) is 9. The number of nitrogens with zero attached hydrogens (tertiary/aromatic N) is 4. The van der Waals surface area contributed by atoms with Crippen molar-refractivity contribution >= 4 is 23.0 Å². The molecule has 0 radical (unpaired) electrons. The molecule has 26 heavy (non-hydrogen) atoms. The van der Waals surface area contributed by atoms with Gasteiger partial charge in [0.05, 0.1) is 12.4 Å². The Balaban J connectivity index is 1.68. The minimum absolute atomic E-state index is 0.245. The van der Waals surface area contributed by atoms with Crippen molar-refractivity contribution in [2.45, 2.75) is 57.1 Å². The molecule has 4 atom stereocenters. The van der Waals surface area contributed by atoms with E-state index in [2.05, 4.69) is 15.0 Å². The number of rotatable bonds is 7. The average molecular weight is 364 g/mol. The molecule has 10 heteroatoms. The molecule has 1 aliphatic rings. The normalized spacial score (nSPS) is 25.7. The van der Waals surface area contributed by atoms with Crippen LogP contribution in [0.3, 0.4) is 0 Å². The molecule has 2 aromatic heterocycles. The smallest absolute Gasteiger partial charge is 0.306 e. The lowest BCUT2D eigenvalue weighted by Gasteiger charge is -2.19. The molecule has 10 nitrogen and oxygen atoms in total. The van der Waals surface area contributed by atoms with Crippen molar-refractivity contribution in [3.8, 4) is 0 Å². The van der Waals surface area contributed by atoms with Crippen molar-refractivity contribution in [1.29, 1.82) is 0 Å². The number of aliphatic hydroxyl groups excluding tert-OH is 1. The molecule has 1 aliphatic heterocycles. The summed E-state index contributed by atoms with van der Waals surface area (Å²) in [4.78, 5) is 24.2. The Morgan fingerprint density at radius 1 is 1.35 bits per heavy atom. The SMILES string of the molecule is C[C@H]1O[C@@H](n2cnc3c(N)ncnc32)[C@H](O)[C@@H]1OC(=O)CCCCCN. The molecular formula is C16H24N6O4. The third-order valence-corrected chi connectivity index (χ3v) is 4.46. The summed E-state index contributed by atoms with van der Waals surface area (Å²) in [7, 11) is 0. The summed E-state index contributed by atoms with van der Waals surface area (Å²) in [6.07, 6.45) is 2.48. The number of hydrogen-bond donors (Lipinski definition) is 3. The number of fused-ring (bicyclic) bond motifs is 1. The van der Waals surface area contributed by atoms with Crippen molar-refractivity contribution in [3.63, 3.8) is 0 Å². The van der Waals surface area contributed by atoms with E-state index < -0.39 is 24.5 Å². The third kappa shape index (κ3) is 3.62. The molecule has 3 rings (SSSR count). The Labute approximate surface area is 150 Å². The number of aliphatic hydroxyl groups is 1. The van der Waals surface area contributed by atoms with E-state index in [-0.39, 0.29) is 11.8 Å². The van der Waals surface area contributed by atoms with Crippen molar-refractivity contribution in [2.24, 2.45) is 5.73 Å². The highest BCUT2D eigenvalue weighted by atomic mass is 16.6. The molecule has 0 spiro atoms. The molecule has 2 aromatic rings. The number of imidazole rings is 1. The molecule has 0 saturated carbocycles. The predicted octanol–water partition coefficient (Wildman–Crippen LogP) is 0.118. The highest BCUT2D eigenvalue weighted by Gasteiger charge is 2.45. The van der Waals surface area contributed by atoms with E-state index >= 15 is 0 Å². The molecule has 3 heterocycles. The van der Waals surface area contributed by atoms with Crippen LogP contribution in [0.4, 0.5) is 5.82 Å². The first kappa shape index (κ1) is 18.5. The van der Waals surface area contributed by atoms with Crippen LogP contribution >= 0.6 is 0 Å².